The van der Waals surface area contributed by atoms with Crippen molar-refractivity contribution in [3.8, 4) is 5.75 Å². The second-order valence-electron chi connectivity index (χ2n) is 3.76. The number of ether oxygens (including phenoxy) is 1. The zero-order valence-corrected chi connectivity index (χ0v) is 12.8. The summed E-state index contributed by atoms with van der Waals surface area (Å²) in [6.07, 6.45) is 0.562. The average Bonchev–Trinajstić information content (AvgIpc) is 2.85. The van der Waals surface area contributed by atoms with Gasteiger partial charge < -0.3 is 9.15 Å². The van der Waals surface area contributed by atoms with E-state index < -0.39 is 0 Å². The summed E-state index contributed by atoms with van der Waals surface area (Å²) in [5.41, 5.74) is 1.02. The normalized spacial score (nSPS) is 10.4. The number of para-hydroxylation sites is 1. The summed E-state index contributed by atoms with van der Waals surface area (Å²) in [6, 6.07) is 7.78. The third kappa shape index (κ3) is 4.11. The van der Waals surface area contributed by atoms with E-state index in [0.29, 0.717) is 23.3 Å². The largest absolute Gasteiger partial charge is 0.496 e. The van der Waals surface area contributed by atoms with Crippen molar-refractivity contribution in [2.75, 3.05) is 12.9 Å². The first kappa shape index (κ1) is 14.1. The lowest BCUT2D eigenvalue weighted by Gasteiger charge is -2.05. The Morgan fingerprint density at radius 2 is 2.21 bits per heavy atom. The lowest BCUT2D eigenvalue weighted by molar-refractivity contribution is 0.400. The molecule has 0 saturated heterocycles. The Hall–Kier alpha value is -1.27. The standard InChI is InChI=1S/C13H13BrN2O2S/c1-9(14)8-19-13-16-15-12(18-13)7-10-5-3-4-6-11(10)17-2/h3-6H,1,7-8H2,2H3. The van der Waals surface area contributed by atoms with Gasteiger partial charge in [-0.2, -0.15) is 0 Å². The number of rotatable bonds is 6. The molecule has 0 aliphatic carbocycles. The fraction of sp³-hybridized carbons (Fsp3) is 0.231. The first-order valence-electron chi connectivity index (χ1n) is 5.59. The summed E-state index contributed by atoms with van der Waals surface area (Å²) in [4.78, 5) is 0. The van der Waals surface area contributed by atoms with E-state index in [2.05, 4.69) is 32.7 Å². The predicted octanol–water partition coefficient (Wildman–Crippen LogP) is 3.67. The minimum Gasteiger partial charge on any atom is -0.496 e. The first-order chi connectivity index (χ1) is 9.19. The number of nitrogens with zero attached hydrogens (tertiary/aromatic N) is 2. The molecule has 0 radical (unpaired) electrons. The van der Waals surface area contributed by atoms with Gasteiger partial charge in [0, 0.05) is 11.3 Å². The second kappa shape index (κ2) is 6.77. The Labute approximate surface area is 124 Å². The molecular weight excluding hydrogens is 328 g/mol. The van der Waals surface area contributed by atoms with Crippen molar-refractivity contribution in [1.29, 1.82) is 0 Å². The maximum absolute atomic E-state index is 5.56. The van der Waals surface area contributed by atoms with Gasteiger partial charge in [-0.3, -0.25) is 0 Å². The molecule has 0 unspecified atom stereocenters. The Kier molecular flexibility index (Phi) is 5.04. The molecule has 0 aliphatic heterocycles. The molecular formula is C13H13BrN2O2S. The van der Waals surface area contributed by atoms with Gasteiger partial charge in [0.25, 0.3) is 5.22 Å². The van der Waals surface area contributed by atoms with Gasteiger partial charge in [0.1, 0.15) is 5.75 Å². The van der Waals surface area contributed by atoms with Crippen molar-refractivity contribution in [3.63, 3.8) is 0 Å². The minimum absolute atomic E-state index is 0.547. The van der Waals surface area contributed by atoms with E-state index in [1.807, 2.05) is 24.3 Å². The highest BCUT2D eigenvalue weighted by Gasteiger charge is 2.10. The van der Waals surface area contributed by atoms with Gasteiger partial charge in [-0.1, -0.05) is 52.5 Å². The summed E-state index contributed by atoms with van der Waals surface area (Å²) in [5.74, 6) is 2.10. The van der Waals surface area contributed by atoms with Crippen molar-refractivity contribution < 1.29 is 9.15 Å². The number of aromatic nitrogens is 2. The van der Waals surface area contributed by atoms with Crippen LogP contribution in [0.1, 0.15) is 11.5 Å². The molecule has 1 aromatic carbocycles. The van der Waals surface area contributed by atoms with Gasteiger partial charge in [-0.15, -0.1) is 10.2 Å². The van der Waals surface area contributed by atoms with Crippen LogP contribution in [-0.4, -0.2) is 23.1 Å². The van der Waals surface area contributed by atoms with Crippen LogP contribution in [0.15, 0.2) is 45.0 Å². The molecule has 0 fully saturated rings. The highest BCUT2D eigenvalue weighted by molar-refractivity contribution is 9.11. The van der Waals surface area contributed by atoms with Gasteiger partial charge >= 0.3 is 0 Å². The number of thioether (sulfide) groups is 1. The third-order valence-corrected chi connectivity index (χ3v) is 3.89. The number of benzene rings is 1. The second-order valence-corrected chi connectivity index (χ2v) is 5.80. The average molecular weight is 341 g/mol. The van der Waals surface area contributed by atoms with E-state index in [0.717, 1.165) is 15.8 Å². The van der Waals surface area contributed by atoms with Crippen molar-refractivity contribution in [2.24, 2.45) is 0 Å². The van der Waals surface area contributed by atoms with E-state index in [-0.39, 0.29) is 0 Å². The quantitative estimate of drug-likeness (QED) is 0.751. The number of hydrogen-bond acceptors (Lipinski definition) is 5. The Morgan fingerprint density at radius 3 is 2.95 bits per heavy atom. The molecule has 100 valence electrons. The molecule has 0 amide bonds. The van der Waals surface area contributed by atoms with Crippen LogP contribution in [0.2, 0.25) is 0 Å². The topological polar surface area (TPSA) is 48.2 Å². The van der Waals surface area contributed by atoms with Crippen molar-refractivity contribution >= 4 is 27.7 Å². The molecule has 0 spiro atoms. The fourth-order valence-electron chi connectivity index (χ4n) is 1.52. The van der Waals surface area contributed by atoms with Crippen LogP contribution in [0.4, 0.5) is 0 Å². The maximum atomic E-state index is 5.56. The van der Waals surface area contributed by atoms with Crippen LogP contribution in [0.5, 0.6) is 5.75 Å². The van der Waals surface area contributed by atoms with E-state index in [1.165, 1.54) is 11.8 Å². The Morgan fingerprint density at radius 1 is 1.42 bits per heavy atom. The number of methoxy groups -OCH3 is 1. The molecule has 19 heavy (non-hydrogen) atoms. The highest BCUT2D eigenvalue weighted by atomic mass is 79.9. The van der Waals surface area contributed by atoms with Crippen LogP contribution >= 0.6 is 27.7 Å². The molecule has 2 rings (SSSR count). The van der Waals surface area contributed by atoms with Crippen LogP contribution in [0.25, 0.3) is 0 Å². The van der Waals surface area contributed by atoms with E-state index in [4.69, 9.17) is 9.15 Å². The smallest absolute Gasteiger partial charge is 0.276 e. The Balaban J connectivity index is 2.05. The van der Waals surface area contributed by atoms with E-state index >= 15 is 0 Å². The van der Waals surface area contributed by atoms with Gasteiger partial charge in [0.15, 0.2) is 0 Å². The zero-order chi connectivity index (χ0) is 13.7. The maximum Gasteiger partial charge on any atom is 0.276 e. The zero-order valence-electron chi connectivity index (χ0n) is 10.4. The molecule has 0 aliphatic rings. The van der Waals surface area contributed by atoms with Crippen molar-refractivity contribution in [1.82, 2.24) is 10.2 Å². The summed E-state index contributed by atoms with van der Waals surface area (Å²) in [5, 5.41) is 8.56. The van der Waals surface area contributed by atoms with Crippen LogP contribution in [-0.2, 0) is 6.42 Å². The molecule has 0 saturated carbocycles. The molecule has 4 nitrogen and oxygen atoms in total. The van der Waals surface area contributed by atoms with E-state index in [9.17, 15) is 0 Å². The summed E-state index contributed by atoms with van der Waals surface area (Å²) >= 11 is 4.74. The molecule has 1 heterocycles. The first-order valence-corrected chi connectivity index (χ1v) is 7.37. The van der Waals surface area contributed by atoms with Gasteiger partial charge in [0.2, 0.25) is 5.89 Å². The summed E-state index contributed by atoms with van der Waals surface area (Å²) < 4.78 is 11.7. The van der Waals surface area contributed by atoms with Crippen LogP contribution in [0, 0.1) is 0 Å². The lowest BCUT2D eigenvalue weighted by atomic mass is 10.1. The molecule has 0 bridgehead atoms. The van der Waals surface area contributed by atoms with Gasteiger partial charge in [-0.05, 0) is 10.5 Å². The highest BCUT2D eigenvalue weighted by Crippen LogP contribution is 2.24. The third-order valence-electron chi connectivity index (χ3n) is 2.33. The van der Waals surface area contributed by atoms with Crippen LogP contribution in [0.3, 0.4) is 0 Å². The fourth-order valence-corrected chi connectivity index (χ4v) is 2.40. The summed E-state index contributed by atoms with van der Waals surface area (Å²) in [7, 11) is 1.65. The minimum atomic E-state index is 0.547. The molecule has 0 atom stereocenters. The SMILES string of the molecule is C=C(Br)CSc1nnc(Cc2ccccc2OC)o1. The summed E-state index contributed by atoms with van der Waals surface area (Å²) in [6.45, 7) is 3.76. The number of hydrogen-bond donors (Lipinski definition) is 0. The molecule has 1 aromatic heterocycles. The van der Waals surface area contributed by atoms with Crippen LogP contribution < -0.4 is 4.74 Å². The van der Waals surface area contributed by atoms with E-state index in [1.54, 1.807) is 7.11 Å². The van der Waals surface area contributed by atoms with Crippen molar-refractivity contribution in [2.45, 2.75) is 11.6 Å². The van der Waals surface area contributed by atoms with Crippen molar-refractivity contribution in [3.05, 3.63) is 46.8 Å². The predicted molar refractivity (Wildman–Crippen MR) is 78.9 cm³/mol. The number of halogens is 1. The molecule has 0 N–H and O–H groups in total. The van der Waals surface area contributed by atoms with Gasteiger partial charge in [0.05, 0.1) is 13.5 Å². The Bertz CT molecular complexity index is 571. The molecule has 2 aromatic rings. The van der Waals surface area contributed by atoms with Gasteiger partial charge in [-0.25, -0.2) is 0 Å². The monoisotopic (exact) mass is 340 g/mol. The molecule has 6 heteroatoms. The lowest BCUT2D eigenvalue weighted by Crippen LogP contribution is -1.93.